The van der Waals surface area contributed by atoms with Gasteiger partial charge >= 0.3 is 0 Å². The Balaban J connectivity index is 2.12. The lowest BCUT2D eigenvalue weighted by Crippen LogP contribution is -2.32. The molecular formula is C10H7N3O2. The summed E-state index contributed by atoms with van der Waals surface area (Å²) < 4.78 is 5.36. The highest BCUT2D eigenvalue weighted by Gasteiger charge is 2.26. The number of azo groups is 1. The highest BCUT2D eigenvalue weighted by atomic mass is 16.5. The maximum absolute atomic E-state index is 11.2. The van der Waals surface area contributed by atoms with Crippen LogP contribution in [0.5, 0.6) is 5.75 Å². The van der Waals surface area contributed by atoms with Gasteiger partial charge in [0.05, 0.1) is 5.69 Å². The molecule has 0 spiro atoms. The number of hydrogen-bond donors (Lipinski definition) is 0. The van der Waals surface area contributed by atoms with E-state index in [1.165, 1.54) is 6.26 Å². The third-order valence-electron chi connectivity index (χ3n) is 2.28. The molecule has 2 aliphatic heterocycles. The molecule has 0 radical (unpaired) electrons. The molecular weight excluding hydrogens is 194 g/mol. The minimum Gasteiger partial charge on any atom is -0.459 e. The van der Waals surface area contributed by atoms with Gasteiger partial charge < -0.3 is 9.64 Å². The fourth-order valence-electron chi connectivity index (χ4n) is 1.60. The van der Waals surface area contributed by atoms with E-state index < -0.39 is 0 Å². The molecule has 1 aromatic carbocycles. The lowest BCUT2D eigenvalue weighted by Gasteiger charge is -2.29. The van der Waals surface area contributed by atoms with Crippen LogP contribution in [-0.2, 0) is 4.79 Å². The van der Waals surface area contributed by atoms with Crippen molar-refractivity contribution in [2.24, 2.45) is 10.2 Å². The van der Waals surface area contributed by atoms with Gasteiger partial charge in [0.25, 0.3) is 5.91 Å². The summed E-state index contributed by atoms with van der Waals surface area (Å²) in [5.41, 5.74) is 0.849. The number of carbonyl (C=O) groups is 1. The monoisotopic (exact) mass is 201 g/mol. The Morgan fingerprint density at radius 2 is 2.13 bits per heavy atom. The Labute approximate surface area is 85.7 Å². The Bertz CT molecular complexity index is 493. The molecule has 2 heterocycles. The number of carbonyl (C=O) groups excluding carboxylic acids is 1. The van der Waals surface area contributed by atoms with Gasteiger partial charge in [0.1, 0.15) is 18.6 Å². The molecule has 5 nitrogen and oxygen atoms in total. The van der Waals surface area contributed by atoms with Crippen molar-refractivity contribution in [1.29, 1.82) is 0 Å². The molecule has 1 amide bonds. The van der Waals surface area contributed by atoms with Crippen LogP contribution >= 0.6 is 0 Å². The summed E-state index contributed by atoms with van der Waals surface area (Å²) in [6.07, 6.45) is 1.50. The smallest absolute Gasteiger partial charge is 0.284 e. The van der Waals surface area contributed by atoms with Gasteiger partial charge in [0.2, 0.25) is 0 Å². The van der Waals surface area contributed by atoms with Gasteiger partial charge in [-0.2, -0.15) is 0 Å². The molecule has 1 aromatic rings. The molecule has 0 saturated carbocycles. The first-order valence-corrected chi connectivity index (χ1v) is 4.52. The van der Waals surface area contributed by atoms with Gasteiger partial charge in [-0.15, -0.1) is 10.2 Å². The normalized spacial score (nSPS) is 17.7. The van der Waals surface area contributed by atoms with Crippen molar-refractivity contribution in [3.8, 4) is 5.75 Å². The lowest BCUT2D eigenvalue weighted by atomic mass is 10.2. The van der Waals surface area contributed by atoms with Crippen LogP contribution in [0.3, 0.4) is 0 Å². The molecule has 0 N–H and O–H groups in total. The maximum Gasteiger partial charge on any atom is 0.284 e. The van der Waals surface area contributed by atoms with Crippen LogP contribution in [-0.4, -0.2) is 12.5 Å². The zero-order valence-electron chi connectivity index (χ0n) is 7.75. The third-order valence-corrected chi connectivity index (χ3v) is 2.28. The number of nitrogens with zero attached hydrogens (tertiary/aromatic N) is 3. The van der Waals surface area contributed by atoms with Gasteiger partial charge in [-0.3, -0.25) is 4.79 Å². The van der Waals surface area contributed by atoms with E-state index in [9.17, 15) is 4.79 Å². The molecule has 0 aliphatic carbocycles. The molecule has 0 saturated heterocycles. The Kier molecular flexibility index (Phi) is 1.58. The van der Waals surface area contributed by atoms with Gasteiger partial charge in [-0.25, -0.2) is 0 Å². The average Bonchev–Trinajstić information content (AvgIpc) is 2.29. The van der Waals surface area contributed by atoms with Crippen molar-refractivity contribution >= 4 is 11.6 Å². The summed E-state index contributed by atoms with van der Waals surface area (Å²) in [4.78, 5) is 12.9. The zero-order valence-corrected chi connectivity index (χ0v) is 7.75. The largest absolute Gasteiger partial charge is 0.459 e. The second-order valence-electron chi connectivity index (χ2n) is 3.24. The first kappa shape index (κ1) is 8.16. The van der Waals surface area contributed by atoms with E-state index in [1.54, 1.807) is 4.90 Å². The second kappa shape index (κ2) is 2.91. The van der Waals surface area contributed by atoms with E-state index >= 15 is 0 Å². The number of rotatable bonds is 0. The molecule has 74 valence electrons. The highest BCUT2D eigenvalue weighted by molar-refractivity contribution is 5.85. The minimum atomic E-state index is -0.246. The maximum atomic E-state index is 11.2. The van der Waals surface area contributed by atoms with Gasteiger partial charge in [-0.05, 0) is 12.1 Å². The van der Waals surface area contributed by atoms with E-state index in [2.05, 4.69) is 10.2 Å². The lowest BCUT2D eigenvalue weighted by molar-refractivity contribution is -0.117. The minimum absolute atomic E-state index is 0.218. The van der Waals surface area contributed by atoms with Crippen LogP contribution in [0.2, 0.25) is 0 Å². The number of fused-ring (bicyclic) bond motifs is 3. The van der Waals surface area contributed by atoms with Crippen molar-refractivity contribution in [2.75, 3.05) is 11.4 Å². The predicted octanol–water partition coefficient (Wildman–Crippen LogP) is 1.68. The summed E-state index contributed by atoms with van der Waals surface area (Å²) in [5, 5.41) is 7.25. The van der Waals surface area contributed by atoms with Crippen molar-refractivity contribution in [1.82, 2.24) is 0 Å². The van der Waals surface area contributed by atoms with E-state index in [-0.39, 0.29) is 12.5 Å². The number of amides is 1. The standard InChI is InChI=1S/C10H7N3O2/c14-10-5-13-7-3-1-2-4-8(7)15-6-9(13)11-12-10/h1-4,6H,5H2. The first-order valence-electron chi connectivity index (χ1n) is 4.52. The summed E-state index contributed by atoms with van der Waals surface area (Å²) in [7, 11) is 0. The third kappa shape index (κ3) is 1.20. The molecule has 0 fully saturated rings. The molecule has 5 heteroatoms. The van der Waals surface area contributed by atoms with Crippen LogP contribution in [0.4, 0.5) is 5.69 Å². The fourth-order valence-corrected chi connectivity index (χ4v) is 1.60. The zero-order chi connectivity index (χ0) is 10.3. The predicted molar refractivity (Wildman–Crippen MR) is 52.4 cm³/mol. The van der Waals surface area contributed by atoms with Crippen molar-refractivity contribution < 1.29 is 9.53 Å². The second-order valence-corrected chi connectivity index (χ2v) is 3.24. The van der Waals surface area contributed by atoms with Gasteiger partial charge in [-0.1, -0.05) is 12.1 Å². The van der Waals surface area contributed by atoms with E-state index in [0.29, 0.717) is 5.82 Å². The van der Waals surface area contributed by atoms with Crippen LogP contribution in [0.25, 0.3) is 0 Å². The molecule has 2 aliphatic rings. The Hall–Kier alpha value is -2.17. The van der Waals surface area contributed by atoms with Crippen molar-refractivity contribution in [3.63, 3.8) is 0 Å². The van der Waals surface area contributed by atoms with E-state index in [1.807, 2.05) is 24.3 Å². The molecule has 3 rings (SSSR count). The van der Waals surface area contributed by atoms with Crippen molar-refractivity contribution in [3.05, 3.63) is 36.3 Å². The highest BCUT2D eigenvalue weighted by Crippen LogP contribution is 2.35. The summed E-state index contributed by atoms with van der Waals surface area (Å²) >= 11 is 0. The van der Waals surface area contributed by atoms with Gasteiger partial charge in [0.15, 0.2) is 5.82 Å². The van der Waals surface area contributed by atoms with Crippen LogP contribution in [0.1, 0.15) is 0 Å². The number of para-hydroxylation sites is 2. The first-order chi connectivity index (χ1) is 7.34. The average molecular weight is 201 g/mol. The summed E-state index contributed by atoms with van der Waals surface area (Å²) in [5.74, 6) is 1.04. The van der Waals surface area contributed by atoms with Crippen LogP contribution in [0, 0.1) is 0 Å². The topological polar surface area (TPSA) is 54.3 Å². The fraction of sp³-hybridized carbons (Fsp3) is 0.100. The Morgan fingerprint density at radius 3 is 3.07 bits per heavy atom. The SMILES string of the molecule is O=C1CN2C(=COc3ccccc32)N=N1. The molecule has 0 unspecified atom stereocenters. The van der Waals surface area contributed by atoms with Gasteiger partial charge in [0, 0.05) is 0 Å². The number of anilines is 1. The molecule has 0 bridgehead atoms. The molecule has 15 heavy (non-hydrogen) atoms. The Morgan fingerprint density at radius 1 is 1.27 bits per heavy atom. The van der Waals surface area contributed by atoms with Crippen molar-refractivity contribution in [2.45, 2.75) is 0 Å². The van der Waals surface area contributed by atoms with E-state index in [4.69, 9.17) is 4.74 Å². The number of hydrogen-bond acceptors (Lipinski definition) is 4. The van der Waals surface area contributed by atoms with Crippen LogP contribution < -0.4 is 9.64 Å². The molecule has 0 aromatic heterocycles. The summed E-state index contributed by atoms with van der Waals surface area (Å²) in [6, 6.07) is 7.50. The number of ether oxygens (including phenoxy) is 1. The summed E-state index contributed by atoms with van der Waals surface area (Å²) in [6.45, 7) is 0.218. The molecule has 0 atom stereocenters. The van der Waals surface area contributed by atoms with E-state index in [0.717, 1.165) is 11.4 Å². The number of benzene rings is 1. The van der Waals surface area contributed by atoms with Crippen LogP contribution in [0.15, 0.2) is 46.6 Å². The quantitative estimate of drug-likeness (QED) is 0.641.